The van der Waals surface area contributed by atoms with Gasteiger partial charge in [0.25, 0.3) is 0 Å². The summed E-state index contributed by atoms with van der Waals surface area (Å²) < 4.78 is 14.7. The van der Waals surface area contributed by atoms with Crippen LogP contribution in [0, 0.1) is 0 Å². The topological polar surface area (TPSA) is 90.5 Å². The van der Waals surface area contributed by atoms with E-state index in [-0.39, 0.29) is 17.9 Å². The average molecular weight is 372 g/mol. The molecule has 0 aromatic carbocycles. The Morgan fingerprint density at radius 2 is 2.30 bits per heavy atom. The lowest BCUT2D eigenvalue weighted by Gasteiger charge is -2.45. The van der Waals surface area contributed by atoms with Crippen molar-refractivity contribution in [1.29, 1.82) is 0 Å². The van der Waals surface area contributed by atoms with Gasteiger partial charge in [0.15, 0.2) is 0 Å². The fraction of sp³-hybridized carbons (Fsp3) is 0.684. The smallest absolute Gasteiger partial charge is 0.147 e. The fourth-order valence-corrected chi connectivity index (χ4v) is 4.85. The minimum atomic E-state index is -0.000414. The maximum atomic E-state index is 6.40. The number of anilines is 1. The number of ether oxygens (including phenoxy) is 2. The molecule has 5 rings (SSSR count). The van der Waals surface area contributed by atoms with Crippen molar-refractivity contribution in [1.82, 2.24) is 24.8 Å². The van der Waals surface area contributed by atoms with Crippen LogP contribution in [0.1, 0.15) is 31.9 Å². The Balaban J connectivity index is 1.24. The number of nitrogen functional groups attached to an aromatic ring is 1. The van der Waals surface area contributed by atoms with Crippen molar-refractivity contribution in [2.75, 3.05) is 45.1 Å². The maximum absolute atomic E-state index is 6.40. The van der Waals surface area contributed by atoms with Gasteiger partial charge < -0.3 is 25.1 Å². The lowest BCUT2D eigenvalue weighted by atomic mass is 9.91. The second kappa shape index (κ2) is 7.01. The molecule has 3 fully saturated rings. The van der Waals surface area contributed by atoms with Crippen LogP contribution in [-0.4, -0.2) is 70.5 Å². The quantitative estimate of drug-likeness (QED) is 0.835. The molecule has 0 amide bonds. The van der Waals surface area contributed by atoms with Gasteiger partial charge in [-0.05, 0) is 38.3 Å². The second-order valence-corrected chi connectivity index (χ2v) is 8.06. The highest BCUT2D eigenvalue weighted by Gasteiger charge is 2.39. The third kappa shape index (κ3) is 3.31. The fourth-order valence-electron chi connectivity index (χ4n) is 4.85. The summed E-state index contributed by atoms with van der Waals surface area (Å²) in [6, 6.07) is 1.98. The molecule has 146 valence electrons. The minimum absolute atomic E-state index is 0.000414. The highest BCUT2D eigenvalue weighted by atomic mass is 16.5. The molecule has 5 heterocycles. The Labute approximate surface area is 159 Å². The van der Waals surface area contributed by atoms with E-state index >= 15 is 0 Å². The van der Waals surface area contributed by atoms with E-state index in [1.807, 2.05) is 12.3 Å². The maximum Gasteiger partial charge on any atom is 0.147 e. The number of hydrogen-bond acceptors (Lipinski definition) is 7. The van der Waals surface area contributed by atoms with Gasteiger partial charge in [0.1, 0.15) is 24.0 Å². The Kier molecular flexibility index (Phi) is 4.51. The summed E-state index contributed by atoms with van der Waals surface area (Å²) in [5.41, 5.74) is 6.81. The molecular weight excluding hydrogens is 344 g/mol. The Bertz CT molecular complexity index is 797. The summed E-state index contributed by atoms with van der Waals surface area (Å²) in [5.74, 6) is 0.521. The van der Waals surface area contributed by atoms with Gasteiger partial charge in [0.05, 0.1) is 23.7 Å². The number of aromatic nitrogens is 3. The molecule has 8 nitrogen and oxygen atoms in total. The van der Waals surface area contributed by atoms with Crippen molar-refractivity contribution in [3.05, 3.63) is 18.6 Å². The third-order valence-corrected chi connectivity index (χ3v) is 6.15. The molecule has 1 spiro atoms. The van der Waals surface area contributed by atoms with Crippen molar-refractivity contribution in [3.63, 3.8) is 0 Å². The van der Waals surface area contributed by atoms with Gasteiger partial charge in [0, 0.05) is 32.4 Å². The van der Waals surface area contributed by atoms with Crippen LogP contribution in [0.5, 0.6) is 0 Å². The molecule has 3 atom stereocenters. The molecule has 27 heavy (non-hydrogen) atoms. The molecule has 2 aromatic heterocycles. The highest BCUT2D eigenvalue weighted by molar-refractivity contribution is 5.86. The Morgan fingerprint density at radius 1 is 1.33 bits per heavy atom. The van der Waals surface area contributed by atoms with E-state index in [0.717, 1.165) is 69.6 Å². The normalized spacial score (nSPS) is 32.4. The third-order valence-electron chi connectivity index (χ3n) is 6.15. The van der Waals surface area contributed by atoms with Crippen molar-refractivity contribution in [2.24, 2.45) is 0 Å². The Hall–Kier alpha value is -1.74. The zero-order chi connectivity index (χ0) is 18.3. The van der Waals surface area contributed by atoms with Gasteiger partial charge in [-0.25, -0.2) is 9.97 Å². The summed E-state index contributed by atoms with van der Waals surface area (Å²) in [6.45, 7) is 5.86. The number of rotatable bonds is 3. The number of hydrogen-bond donors (Lipinski definition) is 2. The van der Waals surface area contributed by atoms with Gasteiger partial charge >= 0.3 is 0 Å². The second-order valence-electron chi connectivity index (χ2n) is 8.06. The highest BCUT2D eigenvalue weighted by Crippen LogP contribution is 2.33. The van der Waals surface area contributed by atoms with Crippen LogP contribution in [-0.2, 0) is 9.47 Å². The van der Waals surface area contributed by atoms with Crippen molar-refractivity contribution >= 4 is 16.9 Å². The number of nitrogens with zero attached hydrogens (tertiary/aromatic N) is 4. The molecule has 3 saturated heterocycles. The van der Waals surface area contributed by atoms with E-state index in [1.165, 1.54) is 12.7 Å². The molecule has 2 aromatic rings. The predicted octanol–water partition coefficient (Wildman–Crippen LogP) is 1.15. The largest absolute Gasteiger partial charge is 0.383 e. The lowest BCUT2D eigenvalue weighted by molar-refractivity contribution is -0.112. The minimum Gasteiger partial charge on any atom is -0.383 e. The summed E-state index contributed by atoms with van der Waals surface area (Å²) >= 11 is 0. The molecule has 3 N–H and O–H groups in total. The number of nitrogens with one attached hydrogen (secondary N) is 1. The standard InChI is InChI=1S/C19H28N6O2/c20-17-15-4-8-25(18(15)23-13-22-17)16-3-2-14(27-16)10-24-7-1-5-19(12-24)11-21-6-9-26-19/h4,8,13-14,16,21H,1-3,5-7,9-12H2,(H2,20,22,23). The van der Waals surface area contributed by atoms with E-state index in [4.69, 9.17) is 15.2 Å². The zero-order valence-corrected chi connectivity index (χ0v) is 15.6. The van der Waals surface area contributed by atoms with Gasteiger partial charge in [-0.15, -0.1) is 0 Å². The SMILES string of the molecule is Nc1ncnc2c1ccn2C1CCC(CN2CCCC3(CNCCO3)C2)O1. The first-order chi connectivity index (χ1) is 13.2. The van der Waals surface area contributed by atoms with Crippen molar-refractivity contribution in [3.8, 4) is 0 Å². The summed E-state index contributed by atoms with van der Waals surface area (Å²) in [7, 11) is 0. The van der Waals surface area contributed by atoms with Crippen LogP contribution in [0.3, 0.4) is 0 Å². The van der Waals surface area contributed by atoms with E-state index in [1.54, 1.807) is 0 Å². The van der Waals surface area contributed by atoms with E-state index in [9.17, 15) is 0 Å². The lowest BCUT2D eigenvalue weighted by Crippen LogP contribution is -2.59. The number of piperidine rings is 1. The monoisotopic (exact) mass is 372 g/mol. The first kappa shape index (κ1) is 17.4. The van der Waals surface area contributed by atoms with Gasteiger partial charge in [0.2, 0.25) is 0 Å². The predicted molar refractivity (Wildman–Crippen MR) is 102 cm³/mol. The van der Waals surface area contributed by atoms with Gasteiger partial charge in [-0.2, -0.15) is 0 Å². The molecule has 0 bridgehead atoms. The molecular formula is C19H28N6O2. The van der Waals surface area contributed by atoms with Gasteiger partial charge in [-0.1, -0.05) is 0 Å². The van der Waals surface area contributed by atoms with Crippen molar-refractivity contribution in [2.45, 2.75) is 43.6 Å². The molecule has 3 aliphatic rings. The zero-order valence-electron chi connectivity index (χ0n) is 15.6. The molecule has 0 radical (unpaired) electrons. The van der Waals surface area contributed by atoms with Crippen LogP contribution in [0.2, 0.25) is 0 Å². The van der Waals surface area contributed by atoms with Gasteiger partial charge in [-0.3, -0.25) is 4.90 Å². The van der Waals surface area contributed by atoms with Crippen LogP contribution in [0.25, 0.3) is 11.0 Å². The summed E-state index contributed by atoms with van der Waals surface area (Å²) in [4.78, 5) is 11.0. The van der Waals surface area contributed by atoms with Crippen molar-refractivity contribution < 1.29 is 9.47 Å². The molecule has 0 aliphatic carbocycles. The number of likely N-dealkylation sites (tertiary alicyclic amines) is 1. The van der Waals surface area contributed by atoms with Crippen LogP contribution < -0.4 is 11.1 Å². The molecule has 3 unspecified atom stereocenters. The average Bonchev–Trinajstić information content (AvgIpc) is 3.30. The van der Waals surface area contributed by atoms with E-state index in [2.05, 4.69) is 24.8 Å². The number of fused-ring (bicyclic) bond motifs is 1. The molecule has 8 heteroatoms. The summed E-state index contributed by atoms with van der Waals surface area (Å²) in [6.07, 6.45) is 8.21. The van der Waals surface area contributed by atoms with Crippen LogP contribution in [0.4, 0.5) is 5.82 Å². The van der Waals surface area contributed by atoms with E-state index in [0.29, 0.717) is 5.82 Å². The molecule has 0 saturated carbocycles. The first-order valence-electron chi connectivity index (χ1n) is 10.0. The number of morpholine rings is 1. The summed E-state index contributed by atoms with van der Waals surface area (Å²) in [5, 5.41) is 4.39. The number of nitrogens with two attached hydrogens (primary N) is 1. The van der Waals surface area contributed by atoms with Crippen LogP contribution in [0.15, 0.2) is 18.6 Å². The molecule has 3 aliphatic heterocycles. The van der Waals surface area contributed by atoms with E-state index < -0.39 is 0 Å². The first-order valence-corrected chi connectivity index (χ1v) is 10.0. The van der Waals surface area contributed by atoms with Crippen LogP contribution >= 0.6 is 0 Å². The Morgan fingerprint density at radius 3 is 3.19 bits per heavy atom.